The summed E-state index contributed by atoms with van der Waals surface area (Å²) in [5, 5.41) is 2.82. The highest BCUT2D eigenvalue weighted by Crippen LogP contribution is 2.18. The van der Waals surface area contributed by atoms with Gasteiger partial charge >= 0.3 is 0 Å². The number of amides is 2. The number of carbonyl (C=O) groups excluding carboxylic acids is 2. The Labute approximate surface area is 226 Å². The van der Waals surface area contributed by atoms with Gasteiger partial charge in [-0.05, 0) is 59.7 Å². The largest absolute Gasteiger partial charge is 0.489 e. The Morgan fingerprint density at radius 3 is 2.21 bits per heavy atom. The Balaban J connectivity index is 1.09. The molecule has 1 N–H and O–H groups in total. The van der Waals surface area contributed by atoms with Crippen LogP contribution in [0.5, 0.6) is 5.75 Å². The van der Waals surface area contributed by atoms with Crippen molar-refractivity contribution in [2.75, 3.05) is 31.5 Å². The molecule has 1 fully saturated rings. The molecular formula is C31H29FN4O3. The molecule has 2 heterocycles. The summed E-state index contributed by atoms with van der Waals surface area (Å²) in [6.45, 7) is 3.82. The van der Waals surface area contributed by atoms with Gasteiger partial charge in [0.15, 0.2) is 0 Å². The van der Waals surface area contributed by atoms with Gasteiger partial charge in [-0.15, -0.1) is 0 Å². The Kier molecular flexibility index (Phi) is 8.23. The molecule has 0 aliphatic carbocycles. The number of benzene rings is 3. The van der Waals surface area contributed by atoms with Gasteiger partial charge in [0.1, 0.15) is 23.9 Å². The first-order valence-corrected chi connectivity index (χ1v) is 12.8. The second-order valence-electron chi connectivity index (χ2n) is 9.38. The zero-order valence-electron chi connectivity index (χ0n) is 21.4. The summed E-state index contributed by atoms with van der Waals surface area (Å²) in [5.74, 6) is -0.0114. The van der Waals surface area contributed by atoms with E-state index < -0.39 is 0 Å². The van der Waals surface area contributed by atoms with Gasteiger partial charge in [0.05, 0.1) is 5.56 Å². The van der Waals surface area contributed by atoms with E-state index in [1.807, 2.05) is 30.3 Å². The van der Waals surface area contributed by atoms with Crippen LogP contribution in [0.4, 0.5) is 10.1 Å². The zero-order valence-corrected chi connectivity index (χ0v) is 21.4. The second-order valence-corrected chi connectivity index (χ2v) is 9.38. The monoisotopic (exact) mass is 524 g/mol. The first-order chi connectivity index (χ1) is 19.0. The fourth-order valence-electron chi connectivity index (χ4n) is 4.36. The third kappa shape index (κ3) is 7.06. The summed E-state index contributed by atoms with van der Waals surface area (Å²) in [6, 6.07) is 26.7. The van der Waals surface area contributed by atoms with E-state index in [0.29, 0.717) is 36.7 Å². The third-order valence-electron chi connectivity index (χ3n) is 6.58. The van der Waals surface area contributed by atoms with Crippen LogP contribution in [0.3, 0.4) is 0 Å². The highest BCUT2D eigenvalue weighted by Gasteiger charge is 2.23. The number of rotatable bonds is 8. The number of anilines is 1. The van der Waals surface area contributed by atoms with Crippen molar-refractivity contribution in [2.45, 2.75) is 13.2 Å². The molecule has 2 amide bonds. The van der Waals surface area contributed by atoms with E-state index in [9.17, 15) is 14.0 Å². The van der Waals surface area contributed by atoms with Crippen molar-refractivity contribution < 1.29 is 18.7 Å². The SMILES string of the molecule is O=C(Nc1ccc(OCc2ccccc2)cc1)c1ccc(C(=O)N2CCN(Cc3ccc(F)cc3)CC2)cn1. The topological polar surface area (TPSA) is 74.8 Å². The summed E-state index contributed by atoms with van der Waals surface area (Å²) in [7, 11) is 0. The molecule has 0 unspecified atom stereocenters. The molecule has 1 aliphatic heterocycles. The fourth-order valence-corrected chi connectivity index (χ4v) is 4.36. The summed E-state index contributed by atoms with van der Waals surface area (Å²) < 4.78 is 18.9. The van der Waals surface area contributed by atoms with E-state index in [4.69, 9.17) is 4.74 Å². The van der Waals surface area contributed by atoms with Crippen molar-refractivity contribution in [3.05, 3.63) is 125 Å². The lowest BCUT2D eigenvalue weighted by molar-refractivity contribution is 0.0627. The van der Waals surface area contributed by atoms with Gasteiger partial charge in [-0.3, -0.25) is 19.5 Å². The van der Waals surface area contributed by atoms with Gasteiger partial charge < -0.3 is 15.0 Å². The minimum absolute atomic E-state index is 0.109. The summed E-state index contributed by atoms with van der Waals surface area (Å²) in [5.41, 5.74) is 3.40. The van der Waals surface area contributed by atoms with Crippen LogP contribution >= 0.6 is 0 Å². The fraction of sp³-hybridized carbons (Fsp3) is 0.194. The molecule has 4 aromatic rings. The summed E-state index contributed by atoms with van der Waals surface area (Å²) in [4.78, 5) is 33.9. The van der Waals surface area contributed by atoms with Crippen molar-refractivity contribution in [3.8, 4) is 5.75 Å². The molecule has 0 bridgehead atoms. The highest BCUT2D eigenvalue weighted by molar-refractivity contribution is 6.03. The Morgan fingerprint density at radius 2 is 1.54 bits per heavy atom. The van der Waals surface area contributed by atoms with E-state index in [0.717, 1.165) is 30.8 Å². The van der Waals surface area contributed by atoms with Gasteiger partial charge in [0.25, 0.3) is 11.8 Å². The highest BCUT2D eigenvalue weighted by atomic mass is 19.1. The lowest BCUT2D eigenvalue weighted by atomic mass is 10.1. The molecule has 1 saturated heterocycles. The smallest absolute Gasteiger partial charge is 0.274 e. The number of hydrogen-bond acceptors (Lipinski definition) is 5. The first kappa shape index (κ1) is 26.1. The van der Waals surface area contributed by atoms with Gasteiger partial charge in [0.2, 0.25) is 0 Å². The second kappa shape index (κ2) is 12.3. The van der Waals surface area contributed by atoms with Crippen LogP contribution in [-0.4, -0.2) is 52.8 Å². The predicted molar refractivity (Wildman–Crippen MR) is 147 cm³/mol. The standard InChI is InChI=1S/C31H29FN4O3/c32-26-9-6-23(7-10-26)21-35-16-18-36(19-17-35)31(38)25-8-15-29(33-20-25)30(37)34-27-11-13-28(14-12-27)39-22-24-4-2-1-3-5-24/h1-15,20H,16-19,21-22H2,(H,34,37). The molecule has 3 aromatic carbocycles. The summed E-state index contributed by atoms with van der Waals surface area (Å²) >= 11 is 0. The Hall–Kier alpha value is -4.56. The molecular weight excluding hydrogens is 495 g/mol. The number of hydrogen-bond donors (Lipinski definition) is 1. The van der Waals surface area contributed by atoms with Gasteiger partial charge in [0, 0.05) is 44.6 Å². The predicted octanol–water partition coefficient (Wildman–Crippen LogP) is 5.01. The van der Waals surface area contributed by atoms with E-state index in [1.54, 1.807) is 53.4 Å². The number of ether oxygens (including phenoxy) is 1. The minimum Gasteiger partial charge on any atom is -0.489 e. The number of pyridine rings is 1. The number of aromatic nitrogens is 1. The van der Waals surface area contributed by atoms with Crippen LogP contribution in [-0.2, 0) is 13.2 Å². The van der Waals surface area contributed by atoms with Gasteiger partial charge in [-0.2, -0.15) is 0 Å². The van der Waals surface area contributed by atoms with E-state index in [2.05, 4.69) is 15.2 Å². The molecule has 198 valence electrons. The van der Waals surface area contributed by atoms with Gasteiger partial charge in [-0.25, -0.2) is 4.39 Å². The number of piperazine rings is 1. The van der Waals surface area contributed by atoms with Crippen LogP contribution in [0.25, 0.3) is 0 Å². The molecule has 7 nitrogen and oxygen atoms in total. The Morgan fingerprint density at radius 1 is 0.821 bits per heavy atom. The number of nitrogens with one attached hydrogen (secondary N) is 1. The zero-order chi connectivity index (χ0) is 27.0. The van der Waals surface area contributed by atoms with Crippen molar-refractivity contribution in [3.63, 3.8) is 0 Å². The molecule has 1 aliphatic rings. The van der Waals surface area contributed by atoms with E-state index >= 15 is 0 Å². The van der Waals surface area contributed by atoms with Crippen molar-refractivity contribution in [1.82, 2.24) is 14.8 Å². The number of carbonyl (C=O) groups is 2. The maximum absolute atomic E-state index is 13.1. The minimum atomic E-state index is -0.360. The molecule has 0 spiro atoms. The molecule has 8 heteroatoms. The van der Waals surface area contributed by atoms with Crippen molar-refractivity contribution in [1.29, 1.82) is 0 Å². The van der Waals surface area contributed by atoms with Crippen molar-refractivity contribution in [2.24, 2.45) is 0 Å². The number of halogens is 1. The average Bonchev–Trinajstić information content (AvgIpc) is 2.98. The average molecular weight is 525 g/mol. The first-order valence-electron chi connectivity index (χ1n) is 12.8. The van der Waals surface area contributed by atoms with Crippen LogP contribution in [0.15, 0.2) is 97.2 Å². The van der Waals surface area contributed by atoms with Crippen LogP contribution < -0.4 is 10.1 Å². The molecule has 0 saturated carbocycles. The third-order valence-corrected chi connectivity index (χ3v) is 6.58. The van der Waals surface area contributed by atoms with Crippen LogP contribution in [0, 0.1) is 5.82 Å². The molecule has 1 aromatic heterocycles. The molecule has 39 heavy (non-hydrogen) atoms. The molecule has 0 radical (unpaired) electrons. The van der Waals surface area contributed by atoms with Crippen LogP contribution in [0.2, 0.25) is 0 Å². The van der Waals surface area contributed by atoms with E-state index in [-0.39, 0.29) is 23.3 Å². The quantitative estimate of drug-likeness (QED) is 0.351. The molecule has 5 rings (SSSR count). The normalized spacial score (nSPS) is 13.6. The maximum Gasteiger partial charge on any atom is 0.274 e. The van der Waals surface area contributed by atoms with Gasteiger partial charge in [-0.1, -0.05) is 42.5 Å². The lowest BCUT2D eigenvalue weighted by Gasteiger charge is -2.34. The maximum atomic E-state index is 13.1. The number of nitrogens with zero attached hydrogens (tertiary/aromatic N) is 3. The Bertz CT molecular complexity index is 1390. The lowest BCUT2D eigenvalue weighted by Crippen LogP contribution is -2.48. The van der Waals surface area contributed by atoms with Crippen molar-refractivity contribution >= 4 is 17.5 Å². The van der Waals surface area contributed by atoms with E-state index in [1.165, 1.54) is 18.3 Å². The molecule has 0 atom stereocenters. The summed E-state index contributed by atoms with van der Waals surface area (Å²) in [6.07, 6.45) is 1.45. The van der Waals surface area contributed by atoms with Crippen LogP contribution in [0.1, 0.15) is 32.0 Å².